The van der Waals surface area contributed by atoms with Crippen LogP contribution in [0.15, 0.2) is 21.9 Å². The van der Waals surface area contributed by atoms with E-state index in [4.69, 9.17) is 0 Å². The molecule has 0 bridgehead atoms. The van der Waals surface area contributed by atoms with Crippen LogP contribution in [0, 0.1) is 0 Å². The highest BCUT2D eigenvalue weighted by Gasteiger charge is 2.17. The predicted octanol–water partition coefficient (Wildman–Crippen LogP) is 2.63. The molecule has 0 spiro atoms. The predicted molar refractivity (Wildman–Crippen MR) is 59.8 cm³/mol. The number of rotatable bonds is 2. The van der Waals surface area contributed by atoms with Crippen molar-refractivity contribution in [2.75, 3.05) is 0 Å². The third-order valence-electron chi connectivity index (χ3n) is 1.34. The van der Waals surface area contributed by atoms with Gasteiger partial charge < -0.3 is 0 Å². The molecule has 1 atom stereocenters. The van der Waals surface area contributed by atoms with Crippen molar-refractivity contribution in [1.82, 2.24) is 0 Å². The zero-order valence-electron chi connectivity index (χ0n) is 7.98. The third kappa shape index (κ3) is 3.40. The lowest BCUT2D eigenvalue weighted by Gasteiger charge is -2.12. The lowest BCUT2D eigenvalue weighted by Crippen LogP contribution is -2.19. The van der Waals surface area contributed by atoms with Crippen molar-refractivity contribution in [1.29, 1.82) is 0 Å². The van der Waals surface area contributed by atoms with Crippen molar-refractivity contribution in [2.24, 2.45) is 4.40 Å². The van der Waals surface area contributed by atoms with Gasteiger partial charge >= 0.3 is 0 Å². The summed E-state index contributed by atoms with van der Waals surface area (Å²) in [5.41, 5.74) is 0. The normalized spacial score (nSPS) is 15.0. The maximum atomic E-state index is 11.5. The summed E-state index contributed by atoms with van der Waals surface area (Å²) in [7, 11) is -1.15. The number of hydrogen-bond acceptors (Lipinski definition) is 2. The molecule has 1 aromatic rings. The summed E-state index contributed by atoms with van der Waals surface area (Å²) in [4.78, 5) is 1.04. The lowest BCUT2D eigenvalue weighted by atomic mass is 10.3. The fraction of sp³-hybridized carbons (Fsp3) is 0.444. The SMILES string of the molecule is CC(C)(C)S(=O)N=Cc1cccs1. The molecule has 0 radical (unpaired) electrons. The molecule has 0 saturated heterocycles. The topological polar surface area (TPSA) is 29.4 Å². The Morgan fingerprint density at radius 3 is 2.69 bits per heavy atom. The molecule has 1 unspecified atom stereocenters. The molecular formula is C9H13NOS2. The number of thiophene rings is 1. The second-order valence-corrected chi connectivity index (χ2v) is 6.52. The molecule has 0 aliphatic rings. The molecule has 13 heavy (non-hydrogen) atoms. The summed E-state index contributed by atoms with van der Waals surface area (Å²) >= 11 is 1.59. The quantitative estimate of drug-likeness (QED) is 0.697. The molecule has 0 saturated carbocycles. The second-order valence-electron chi connectivity index (χ2n) is 3.61. The minimum absolute atomic E-state index is 0.270. The molecule has 0 fully saturated rings. The Bertz CT molecular complexity index is 309. The van der Waals surface area contributed by atoms with Crippen molar-refractivity contribution in [3.63, 3.8) is 0 Å². The highest BCUT2D eigenvalue weighted by atomic mass is 32.2. The van der Waals surface area contributed by atoms with E-state index in [0.717, 1.165) is 4.88 Å². The standard InChI is InChI=1S/C9H13NOS2/c1-9(2,3)13(11)10-7-8-5-4-6-12-8/h4-7H,1-3H3. The van der Waals surface area contributed by atoms with E-state index in [2.05, 4.69) is 4.40 Å². The zero-order chi connectivity index (χ0) is 9.90. The zero-order valence-corrected chi connectivity index (χ0v) is 9.61. The van der Waals surface area contributed by atoms with E-state index in [1.165, 1.54) is 0 Å². The summed E-state index contributed by atoms with van der Waals surface area (Å²) in [6.45, 7) is 5.73. The van der Waals surface area contributed by atoms with Crippen molar-refractivity contribution in [3.05, 3.63) is 22.4 Å². The van der Waals surface area contributed by atoms with Crippen LogP contribution in [-0.2, 0) is 11.0 Å². The molecule has 2 nitrogen and oxygen atoms in total. The van der Waals surface area contributed by atoms with Gasteiger partial charge in [-0.25, -0.2) is 4.21 Å². The number of nitrogens with zero attached hydrogens (tertiary/aromatic N) is 1. The minimum atomic E-state index is -1.15. The van der Waals surface area contributed by atoms with Gasteiger partial charge in [0.15, 0.2) is 0 Å². The first-order valence-electron chi connectivity index (χ1n) is 4.00. The van der Waals surface area contributed by atoms with E-state index in [1.807, 2.05) is 38.3 Å². The van der Waals surface area contributed by atoms with Crippen LogP contribution in [0.3, 0.4) is 0 Å². The molecule has 1 heterocycles. The van der Waals surface area contributed by atoms with E-state index in [0.29, 0.717) is 0 Å². The maximum absolute atomic E-state index is 11.5. The first kappa shape index (κ1) is 10.6. The van der Waals surface area contributed by atoms with Gasteiger partial charge in [-0.3, -0.25) is 0 Å². The fourth-order valence-corrected chi connectivity index (χ4v) is 1.80. The van der Waals surface area contributed by atoms with Gasteiger partial charge in [0.1, 0.15) is 11.0 Å². The van der Waals surface area contributed by atoms with E-state index < -0.39 is 11.0 Å². The van der Waals surface area contributed by atoms with Crippen LogP contribution in [-0.4, -0.2) is 15.2 Å². The maximum Gasteiger partial charge on any atom is 0.144 e. The fourth-order valence-electron chi connectivity index (χ4n) is 0.623. The smallest absolute Gasteiger partial charge is 0.144 e. The largest absolute Gasteiger partial charge is 0.234 e. The van der Waals surface area contributed by atoms with Gasteiger partial charge in [0.05, 0.1) is 11.0 Å². The highest BCUT2D eigenvalue weighted by Crippen LogP contribution is 2.13. The van der Waals surface area contributed by atoms with Gasteiger partial charge in [-0.2, -0.15) is 4.40 Å². The molecule has 72 valence electrons. The molecule has 1 rings (SSSR count). The Morgan fingerprint density at radius 2 is 2.23 bits per heavy atom. The lowest BCUT2D eigenvalue weighted by molar-refractivity contribution is 0.651. The molecule has 1 aromatic heterocycles. The van der Waals surface area contributed by atoms with E-state index in [9.17, 15) is 4.21 Å². The molecule has 0 aliphatic carbocycles. The summed E-state index contributed by atoms with van der Waals surface area (Å²) in [5, 5.41) is 1.97. The average molecular weight is 215 g/mol. The molecule has 0 amide bonds. The third-order valence-corrected chi connectivity index (χ3v) is 3.49. The first-order valence-corrected chi connectivity index (χ1v) is 5.98. The second kappa shape index (κ2) is 4.15. The van der Waals surface area contributed by atoms with Gasteiger partial charge in [-0.1, -0.05) is 6.07 Å². The van der Waals surface area contributed by atoms with Gasteiger partial charge in [0.2, 0.25) is 0 Å². The van der Waals surface area contributed by atoms with E-state index >= 15 is 0 Å². The Balaban J connectivity index is 2.65. The van der Waals surface area contributed by atoms with Crippen molar-refractivity contribution >= 4 is 28.5 Å². The summed E-state index contributed by atoms with van der Waals surface area (Å²) < 4.78 is 15.2. The van der Waals surface area contributed by atoms with Crippen LogP contribution in [0.1, 0.15) is 25.6 Å². The van der Waals surface area contributed by atoms with E-state index in [-0.39, 0.29) is 4.75 Å². The molecule has 0 N–H and O–H groups in total. The van der Waals surface area contributed by atoms with Gasteiger partial charge in [0, 0.05) is 4.88 Å². The molecule has 0 aromatic carbocycles. The van der Waals surface area contributed by atoms with Gasteiger partial charge in [0.25, 0.3) is 0 Å². The average Bonchev–Trinajstić information content (AvgIpc) is 2.50. The number of hydrogen-bond donors (Lipinski definition) is 0. The van der Waals surface area contributed by atoms with Crippen molar-refractivity contribution < 1.29 is 4.21 Å². The van der Waals surface area contributed by atoms with E-state index in [1.54, 1.807) is 17.6 Å². The minimum Gasteiger partial charge on any atom is -0.234 e. The Morgan fingerprint density at radius 1 is 1.54 bits per heavy atom. The van der Waals surface area contributed by atoms with Gasteiger partial charge in [-0.15, -0.1) is 11.3 Å². The molecule has 4 heteroatoms. The van der Waals surface area contributed by atoms with Crippen molar-refractivity contribution in [3.8, 4) is 0 Å². The van der Waals surface area contributed by atoms with Crippen LogP contribution in [0.25, 0.3) is 0 Å². The summed E-state index contributed by atoms with van der Waals surface area (Å²) in [6, 6.07) is 3.90. The summed E-state index contributed by atoms with van der Waals surface area (Å²) in [6.07, 6.45) is 1.67. The Hall–Kier alpha value is -0.480. The van der Waals surface area contributed by atoms with Crippen LogP contribution < -0.4 is 0 Å². The highest BCUT2D eigenvalue weighted by molar-refractivity contribution is 7.85. The first-order chi connectivity index (χ1) is 6.00. The molecule has 0 aliphatic heterocycles. The Kier molecular flexibility index (Phi) is 3.39. The van der Waals surface area contributed by atoms with Crippen LogP contribution in [0.2, 0.25) is 0 Å². The summed E-state index contributed by atoms with van der Waals surface area (Å²) in [5.74, 6) is 0. The monoisotopic (exact) mass is 215 g/mol. The van der Waals surface area contributed by atoms with Crippen LogP contribution in [0.4, 0.5) is 0 Å². The Labute approximate surface area is 85.3 Å². The van der Waals surface area contributed by atoms with Crippen LogP contribution in [0.5, 0.6) is 0 Å². The van der Waals surface area contributed by atoms with Crippen molar-refractivity contribution in [2.45, 2.75) is 25.5 Å². The van der Waals surface area contributed by atoms with Crippen LogP contribution >= 0.6 is 11.3 Å². The van der Waals surface area contributed by atoms with Gasteiger partial charge in [-0.05, 0) is 32.2 Å². The molecular weight excluding hydrogens is 202 g/mol.